The summed E-state index contributed by atoms with van der Waals surface area (Å²) in [7, 11) is 0. The summed E-state index contributed by atoms with van der Waals surface area (Å²) in [5.41, 5.74) is 1.25. The minimum atomic E-state index is -0.695. The molecule has 1 aromatic carbocycles. The van der Waals surface area contributed by atoms with Crippen LogP contribution in [0, 0.1) is 11.3 Å². The Kier molecular flexibility index (Phi) is 4.19. The van der Waals surface area contributed by atoms with Crippen LogP contribution in [0.15, 0.2) is 24.4 Å². The van der Waals surface area contributed by atoms with Gasteiger partial charge in [-0.1, -0.05) is 30.9 Å². The van der Waals surface area contributed by atoms with Crippen molar-refractivity contribution in [2.24, 2.45) is 0 Å². The van der Waals surface area contributed by atoms with Gasteiger partial charge < -0.3 is 10.4 Å². The van der Waals surface area contributed by atoms with E-state index in [0.29, 0.717) is 22.8 Å². The van der Waals surface area contributed by atoms with E-state index in [4.69, 9.17) is 11.6 Å². The third-order valence-corrected chi connectivity index (χ3v) is 4.56. The van der Waals surface area contributed by atoms with Gasteiger partial charge in [-0.25, -0.2) is 0 Å². The summed E-state index contributed by atoms with van der Waals surface area (Å²) < 4.78 is 0. The van der Waals surface area contributed by atoms with Gasteiger partial charge in [0.25, 0.3) is 0 Å². The van der Waals surface area contributed by atoms with Crippen molar-refractivity contribution >= 4 is 28.2 Å². The van der Waals surface area contributed by atoms with Crippen LogP contribution in [-0.2, 0) is 0 Å². The molecular formula is C17H18ClN3O. The second-order valence-corrected chi connectivity index (χ2v) is 6.40. The van der Waals surface area contributed by atoms with Gasteiger partial charge in [-0.2, -0.15) is 5.26 Å². The first-order valence-electron chi connectivity index (χ1n) is 7.56. The molecule has 4 nitrogen and oxygen atoms in total. The Morgan fingerprint density at radius 2 is 2.09 bits per heavy atom. The average Bonchev–Trinajstić information content (AvgIpc) is 2.53. The Hall–Kier alpha value is -1.83. The van der Waals surface area contributed by atoms with Gasteiger partial charge in [0.2, 0.25) is 0 Å². The van der Waals surface area contributed by atoms with Crippen molar-refractivity contribution in [1.82, 2.24) is 4.98 Å². The van der Waals surface area contributed by atoms with Crippen LogP contribution >= 0.6 is 11.6 Å². The molecule has 5 heteroatoms. The summed E-state index contributed by atoms with van der Waals surface area (Å²) in [5.74, 6) is 0. The number of rotatable bonds is 3. The summed E-state index contributed by atoms with van der Waals surface area (Å²) in [6.07, 6.45) is 6.43. The molecule has 22 heavy (non-hydrogen) atoms. The van der Waals surface area contributed by atoms with E-state index in [1.54, 1.807) is 18.3 Å². The van der Waals surface area contributed by atoms with Crippen molar-refractivity contribution < 1.29 is 5.11 Å². The molecule has 1 aliphatic carbocycles. The van der Waals surface area contributed by atoms with Gasteiger partial charge in [-0.15, -0.1) is 0 Å². The predicted octanol–water partition coefficient (Wildman–Crippen LogP) is 3.87. The number of aromatic nitrogens is 1. The lowest BCUT2D eigenvalue weighted by atomic mass is 9.85. The summed E-state index contributed by atoms with van der Waals surface area (Å²) in [6.45, 7) is 0.438. The maximum atomic E-state index is 10.6. The average molecular weight is 316 g/mol. The van der Waals surface area contributed by atoms with Gasteiger partial charge in [-0.05, 0) is 31.0 Å². The van der Waals surface area contributed by atoms with E-state index in [2.05, 4.69) is 16.4 Å². The zero-order valence-electron chi connectivity index (χ0n) is 12.3. The van der Waals surface area contributed by atoms with Crippen molar-refractivity contribution in [2.75, 3.05) is 11.9 Å². The number of hydrogen-bond acceptors (Lipinski definition) is 4. The molecule has 1 heterocycles. The van der Waals surface area contributed by atoms with Crippen molar-refractivity contribution in [1.29, 1.82) is 5.26 Å². The highest BCUT2D eigenvalue weighted by Crippen LogP contribution is 2.31. The van der Waals surface area contributed by atoms with Crippen LogP contribution in [0.3, 0.4) is 0 Å². The molecule has 1 aromatic heterocycles. The van der Waals surface area contributed by atoms with Gasteiger partial charge in [0.05, 0.1) is 22.4 Å². The number of pyridine rings is 1. The Morgan fingerprint density at radius 1 is 1.32 bits per heavy atom. The molecule has 0 saturated heterocycles. The van der Waals surface area contributed by atoms with Gasteiger partial charge >= 0.3 is 0 Å². The number of nitrogens with one attached hydrogen (secondary N) is 1. The Balaban J connectivity index is 1.94. The molecule has 0 amide bonds. The number of nitriles is 1. The van der Waals surface area contributed by atoms with Crippen LogP contribution < -0.4 is 5.32 Å². The molecule has 0 aliphatic heterocycles. The first-order chi connectivity index (χ1) is 10.6. The maximum absolute atomic E-state index is 10.6. The number of hydrogen-bond donors (Lipinski definition) is 2. The predicted molar refractivity (Wildman–Crippen MR) is 88.0 cm³/mol. The zero-order valence-corrected chi connectivity index (χ0v) is 13.0. The van der Waals surface area contributed by atoms with E-state index in [1.165, 1.54) is 6.42 Å². The van der Waals surface area contributed by atoms with Gasteiger partial charge in [0, 0.05) is 23.2 Å². The SMILES string of the molecule is N#Cc1cnc2ccc(Cl)cc2c1NCC1(O)CCCCC1. The molecule has 3 rings (SSSR count). The smallest absolute Gasteiger partial charge is 0.103 e. The van der Waals surface area contributed by atoms with Crippen LogP contribution in [-0.4, -0.2) is 22.2 Å². The molecular weight excluding hydrogens is 298 g/mol. The lowest BCUT2D eigenvalue weighted by Crippen LogP contribution is -2.38. The van der Waals surface area contributed by atoms with Crippen LogP contribution in [0.25, 0.3) is 10.9 Å². The summed E-state index contributed by atoms with van der Waals surface area (Å²) in [6, 6.07) is 7.57. The lowest BCUT2D eigenvalue weighted by Gasteiger charge is -2.32. The molecule has 0 atom stereocenters. The number of aliphatic hydroxyl groups is 1. The van der Waals surface area contributed by atoms with Gasteiger partial charge in [0.1, 0.15) is 6.07 Å². The summed E-state index contributed by atoms with van der Waals surface area (Å²) in [4.78, 5) is 4.28. The number of nitrogens with zero attached hydrogens (tertiary/aromatic N) is 2. The topological polar surface area (TPSA) is 68.9 Å². The van der Waals surface area contributed by atoms with Crippen molar-refractivity contribution in [3.63, 3.8) is 0 Å². The Labute approximate surface area is 134 Å². The number of halogens is 1. The van der Waals surface area contributed by atoms with Gasteiger partial charge in [-0.3, -0.25) is 4.98 Å². The number of anilines is 1. The van der Waals surface area contributed by atoms with Crippen LogP contribution in [0.1, 0.15) is 37.7 Å². The molecule has 0 radical (unpaired) electrons. The third-order valence-electron chi connectivity index (χ3n) is 4.33. The first-order valence-corrected chi connectivity index (χ1v) is 7.94. The fraction of sp³-hybridized carbons (Fsp3) is 0.412. The Morgan fingerprint density at radius 3 is 2.82 bits per heavy atom. The van der Waals surface area contributed by atoms with E-state index in [1.807, 2.05) is 6.07 Å². The van der Waals surface area contributed by atoms with E-state index >= 15 is 0 Å². The highest BCUT2D eigenvalue weighted by Gasteiger charge is 2.29. The highest BCUT2D eigenvalue weighted by atomic mass is 35.5. The van der Waals surface area contributed by atoms with Crippen molar-refractivity contribution in [3.05, 3.63) is 35.0 Å². The Bertz CT molecular complexity index is 732. The van der Waals surface area contributed by atoms with Crippen LogP contribution in [0.2, 0.25) is 5.02 Å². The van der Waals surface area contributed by atoms with E-state index in [0.717, 1.165) is 36.6 Å². The molecule has 2 N–H and O–H groups in total. The van der Waals surface area contributed by atoms with E-state index in [9.17, 15) is 10.4 Å². The molecule has 0 bridgehead atoms. The molecule has 0 unspecified atom stereocenters. The fourth-order valence-electron chi connectivity index (χ4n) is 3.08. The third kappa shape index (κ3) is 3.01. The molecule has 114 valence electrons. The molecule has 0 spiro atoms. The molecule has 1 saturated carbocycles. The first kappa shape index (κ1) is 15.1. The highest BCUT2D eigenvalue weighted by molar-refractivity contribution is 6.31. The van der Waals surface area contributed by atoms with E-state index in [-0.39, 0.29) is 0 Å². The second-order valence-electron chi connectivity index (χ2n) is 5.96. The summed E-state index contributed by atoms with van der Waals surface area (Å²) >= 11 is 6.07. The second kappa shape index (κ2) is 6.12. The summed E-state index contributed by atoms with van der Waals surface area (Å²) in [5, 5.41) is 24.6. The zero-order chi connectivity index (χ0) is 15.6. The molecule has 1 fully saturated rings. The van der Waals surface area contributed by atoms with Crippen LogP contribution in [0.4, 0.5) is 5.69 Å². The lowest BCUT2D eigenvalue weighted by molar-refractivity contribution is 0.0167. The fourth-order valence-corrected chi connectivity index (χ4v) is 3.25. The normalized spacial score (nSPS) is 17.1. The minimum absolute atomic E-state index is 0.438. The van der Waals surface area contributed by atoms with Crippen molar-refractivity contribution in [3.8, 4) is 6.07 Å². The van der Waals surface area contributed by atoms with E-state index < -0.39 is 5.60 Å². The largest absolute Gasteiger partial charge is 0.388 e. The molecule has 1 aliphatic rings. The van der Waals surface area contributed by atoms with Crippen molar-refractivity contribution in [2.45, 2.75) is 37.7 Å². The minimum Gasteiger partial charge on any atom is -0.388 e. The quantitative estimate of drug-likeness (QED) is 0.902. The standard InChI is InChI=1S/C17H18ClN3O/c18-13-4-5-15-14(8-13)16(12(9-19)10-20-15)21-11-17(22)6-2-1-3-7-17/h4-5,8,10,22H,1-3,6-7,11H2,(H,20,21). The molecule has 2 aromatic rings. The maximum Gasteiger partial charge on any atom is 0.103 e. The van der Waals surface area contributed by atoms with Gasteiger partial charge in [0.15, 0.2) is 0 Å². The van der Waals surface area contributed by atoms with Crippen LogP contribution in [0.5, 0.6) is 0 Å². The number of fused-ring (bicyclic) bond motifs is 1. The monoisotopic (exact) mass is 315 g/mol. The number of benzene rings is 1.